The molecule has 8 heteroatoms. The minimum atomic E-state index is -0.822. The number of rotatable bonds is 4. The summed E-state index contributed by atoms with van der Waals surface area (Å²) in [5, 5.41) is 10.2. The molecule has 1 aromatic carbocycles. The van der Waals surface area contributed by atoms with Crippen LogP contribution < -0.4 is 0 Å². The predicted octanol–water partition coefficient (Wildman–Crippen LogP) is 1.29. The first-order chi connectivity index (χ1) is 14.4. The van der Waals surface area contributed by atoms with Gasteiger partial charge in [-0.2, -0.15) is 0 Å². The number of aryl methyl sites for hydroxylation is 1. The molecule has 7 nitrogen and oxygen atoms in total. The summed E-state index contributed by atoms with van der Waals surface area (Å²) in [6.45, 7) is 3.77. The second-order valence-corrected chi connectivity index (χ2v) is 8.60. The number of benzene rings is 1. The zero-order valence-electron chi connectivity index (χ0n) is 16.8. The molecule has 2 aromatic rings. The van der Waals surface area contributed by atoms with E-state index in [-0.39, 0.29) is 24.2 Å². The Hall–Kier alpha value is -2.55. The third-order valence-corrected chi connectivity index (χ3v) is 6.42. The summed E-state index contributed by atoms with van der Waals surface area (Å²) in [5.41, 5.74) is 0.143. The fourth-order valence-electron chi connectivity index (χ4n) is 5.02. The Bertz CT molecular complexity index is 983. The minimum Gasteiger partial charge on any atom is -0.464 e. The molecule has 1 spiro atoms. The van der Waals surface area contributed by atoms with Crippen LogP contribution in [-0.4, -0.2) is 68.9 Å². The third kappa shape index (κ3) is 3.07. The van der Waals surface area contributed by atoms with Gasteiger partial charge in [0.15, 0.2) is 0 Å². The highest BCUT2D eigenvalue weighted by atomic mass is 19.1. The summed E-state index contributed by atoms with van der Waals surface area (Å²) in [7, 11) is 0. The molecular formula is C22H24FN3O4. The van der Waals surface area contributed by atoms with E-state index in [4.69, 9.17) is 4.42 Å². The maximum atomic E-state index is 13.5. The third-order valence-electron chi connectivity index (χ3n) is 6.42. The number of halogens is 1. The van der Waals surface area contributed by atoms with Crippen molar-refractivity contribution >= 4 is 11.8 Å². The molecule has 0 bridgehead atoms. The van der Waals surface area contributed by atoms with Crippen LogP contribution in [0.4, 0.5) is 4.39 Å². The van der Waals surface area contributed by atoms with Crippen LogP contribution in [0.2, 0.25) is 0 Å². The highest BCUT2D eigenvalue weighted by Crippen LogP contribution is 2.41. The number of nitrogens with zero attached hydrogens (tertiary/aromatic N) is 3. The SMILES string of the molecule is Cc1ccc(CN2C(=O)C3CC(O)CN3C3(CN(Cc4ccc(F)cc4)C3)C2=O)o1. The number of hydrogen-bond donors (Lipinski definition) is 1. The standard InChI is InChI=1S/C22H24FN3O4/c1-14-2-7-18(30-14)11-25-20(28)19-8-17(27)10-26(19)22(21(25)29)12-24(13-22)9-15-3-5-16(23)6-4-15/h2-7,17,19,27H,8-13H2,1H3. The van der Waals surface area contributed by atoms with Crippen molar-refractivity contribution in [1.29, 1.82) is 0 Å². The van der Waals surface area contributed by atoms with Gasteiger partial charge in [0.05, 0.1) is 18.7 Å². The predicted molar refractivity (Wildman–Crippen MR) is 105 cm³/mol. The molecule has 2 amide bonds. The Labute approximate surface area is 173 Å². The van der Waals surface area contributed by atoms with Gasteiger partial charge in [0.25, 0.3) is 5.91 Å². The first-order valence-corrected chi connectivity index (χ1v) is 10.2. The molecule has 4 heterocycles. The maximum absolute atomic E-state index is 13.5. The number of furan rings is 1. The summed E-state index contributed by atoms with van der Waals surface area (Å²) >= 11 is 0. The summed E-state index contributed by atoms with van der Waals surface area (Å²) in [5.74, 6) is 0.510. The van der Waals surface area contributed by atoms with Crippen molar-refractivity contribution in [1.82, 2.24) is 14.7 Å². The molecule has 3 aliphatic heterocycles. The minimum absolute atomic E-state index is 0.103. The van der Waals surface area contributed by atoms with Crippen molar-refractivity contribution in [2.24, 2.45) is 0 Å². The quantitative estimate of drug-likeness (QED) is 0.762. The molecule has 3 saturated heterocycles. The number of imide groups is 1. The van der Waals surface area contributed by atoms with Gasteiger partial charge in [0.1, 0.15) is 22.9 Å². The van der Waals surface area contributed by atoms with Gasteiger partial charge in [-0.25, -0.2) is 4.39 Å². The molecule has 3 aliphatic rings. The van der Waals surface area contributed by atoms with Gasteiger partial charge in [-0.15, -0.1) is 0 Å². The zero-order chi connectivity index (χ0) is 21.0. The number of β-amino-alcohol motifs (C(OH)–C–C–N with tert-alkyl or cyclic N) is 1. The number of likely N-dealkylation sites (tertiary alicyclic amines) is 1. The van der Waals surface area contributed by atoms with Crippen molar-refractivity contribution in [3.05, 3.63) is 59.3 Å². The van der Waals surface area contributed by atoms with E-state index in [1.54, 1.807) is 18.2 Å². The topological polar surface area (TPSA) is 77.2 Å². The average Bonchev–Trinajstić information content (AvgIpc) is 3.28. The van der Waals surface area contributed by atoms with Crippen LogP contribution in [0, 0.1) is 12.7 Å². The number of amides is 2. The number of hydrogen-bond acceptors (Lipinski definition) is 6. The van der Waals surface area contributed by atoms with E-state index in [2.05, 4.69) is 4.90 Å². The van der Waals surface area contributed by atoms with Crippen molar-refractivity contribution in [3.8, 4) is 0 Å². The van der Waals surface area contributed by atoms with E-state index in [9.17, 15) is 19.1 Å². The molecule has 158 valence electrons. The first kappa shape index (κ1) is 19.4. The van der Waals surface area contributed by atoms with Crippen molar-refractivity contribution < 1.29 is 23.5 Å². The Morgan fingerprint density at radius 1 is 1.13 bits per heavy atom. The van der Waals surface area contributed by atoms with E-state index < -0.39 is 17.7 Å². The van der Waals surface area contributed by atoms with E-state index in [0.29, 0.717) is 38.4 Å². The maximum Gasteiger partial charge on any atom is 0.252 e. The number of fused-ring (bicyclic) bond motifs is 2. The Kier molecular flexibility index (Phi) is 4.53. The van der Waals surface area contributed by atoms with Crippen molar-refractivity contribution in [2.45, 2.75) is 44.1 Å². The smallest absolute Gasteiger partial charge is 0.252 e. The number of carbonyl (C=O) groups is 2. The lowest BCUT2D eigenvalue weighted by Gasteiger charge is -2.58. The van der Waals surface area contributed by atoms with Crippen LogP contribution in [0.25, 0.3) is 0 Å². The molecule has 0 radical (unpaired) electrons. The number of carbonyl (C=O) groups excluding carboxylic acids is 2. The number of piperazine rings is 1. The van der Waals surface area contributed by atoms with E-state index in [1.807, 2.05) is 17.9 Å². The van der Waals surface area contributed by atoms with Gasteiger partial charge in [-0.05, 0) is 43.2 Å². The molecule has 3 fully saturated rings. The van der Waals surface area contributed by atoms with Crippen molar-refractivity contribution in [2.75, 3.05) is 19.6 Å². The lowest BCUT2D eigenvalue weighted by Crippen LogP contribution is -2.81. The monoisotopic (exact) mass is 413 g/mol. The van der Waals surface area contributed by atoms with Crippen LogP contribution >= 0.6 is 0 Å². The highest BCUT2D eigenvalue weighted by Gasteiger charge is 2.64. The normalized spacial score (nSPS) is 26.3. The summed E-state index contributed by atoms with van der Waals surface area (Å²) < 4.78 is 18.8. The first-order valence-electron chi connectivity index (χ1n) is 10.2. The second-order valence-electron chi connectivity index (χ2n) is 8.60. The lowest BCUT2D eigenvalue weighted by molar-refractivity contribution is -0.181. The lowest BCUT2D eigenvalue weighted by atomic mass is 9.82. The molecule has 1 N–H and O–H groups in total. The van der Waals surface area contributed by atoms with E-state index in [1.165, 1.54) is 17.0 Å². The molecule has 30 heavy (non-hydrogen) atoms. The van der Waals surface area contributed by atoms with Crippen molar-refractivity contribution in [3.63, 3.8) is 0 Å². The molecule has 2 atom stereocenters. The van der Waals surface area contributed by atoms with Gasteiger partial charge in [0.2, 0.25) is 5.91 Å². The second kappa shape index (κ2) is 7.01. The Balaban J connectivity index is 1.38. The van der Waals surface area contributed by atoms with Gasteiger partial charge < -0.3 is 9.52 Å². The van der Waals surface area contributed by atoms with Gasteiger partial charge in [0, 0.05) is 26.2 Å². The van der Waals surface area contributed by atoms with Crippen LogP contribution in [0.15, 0.2) is 40.8 Å². The molecule has 0 aliphatic carbocycles. The van der Waals surface area contributed by atoms with Gasteiger partial charge in [-0.3, -0.25) is 24.3 Å². The Morgan fingerprint density at radius 3 is 2.53 bits per heavy atom. The summed E-state index contributed by atoms with van der Waals surface area (Å²) in [4.78, 5) is 31.9. The fraction of sp³-hybridized carbons (Fsp3) is 0.455. The molecule has 0 saturated carbocycles. The highest BCUT2D eigenvalue weighted by molar-refractivity contribution is 6.06. The number of aliphatic hydroxyl groups is 1. The largest absolute Gasteiger partial charge is 0.464 e. The van der Waals surface area contributed by atoms with E-state index >= 15 is 0 Å². The van der Waals surface area contributed by atoms with Gasteiger partial charge >= 0.3 is 0 Å². The molecule has 1 aromatic heterocycles. The van der Waals surface area contributed by atoms with Gasteiger partial charge in [-0.1, -0.05) is 12.1 Å². The van der Waals surface area contributed by atoms with E-state index in [0.717, 1.165) is 11.3 Å². The number of aliphatic hydroxyl groups excluding tert-OH is 1. The zero-order valence-corrected chi connectivity index (χ0v) is 16.8. The van der Waals surface area contributed by atoms with Crippen LogP contribution in [0.5, 0.6) is 0 Å². The molecule has 5 rings (SSSR count). The van der Waals surface area contributed by atoms with Crippen LogP contribution in [0.1, 0.15) is 23.5 Å². The molecular weight excluding hydrogens is 389 g/mol. The summed E-state index contributed by atoms with van der Waals surface area (Å²) in [6.07, 6.45) is -0.292. The van der Waals surface area contributed by atoms with Crippen LogP contribution in [-0.2, 0) is 22.7 Å². The Morgan fingerprint density at radius 2 is 1.87 bits per heavy atom. The summed E-state index contributed by atoms with van der Waals surface area (Å²) in [6, 6.07) is 9.41. The fourth-order valence-corrected chi connectivity index (χ4v) is 5.02. The average molecular weight is 413 g/mol. The molecule has 2 unspecified atom stereocenters. The van der Waals surface area contributed by atoms with Crippen LogP contribution in [0.3, 0.4) is 0 Å².